The van der Waals surface area contributed by atoms with Crippen LogP contribution in [-0.4, -0.2) is 23.8 Å². The minimum atomic E-state index is -0.530. The van der Waals surface area contributed by atoms with Crippen LogP contribution in [0.15, 0.2) is 6.33 Å². The van der Waals surface area contributed by atoms with Gasteiger partial charge in [0.2, 0.25) is 0 Å². The van der Waals surface area contributed by atoms with Gasteiger partial charge in [-0.1, -0.05) is 0 Å². The molecule has 0 aliphatic carbocycles. The molecule has 0 fully saturated rings. The molecule has 0 aromatic carbocycles. The Morgan fingerprint density at radius 3 is 2.44 bits per heavy atom. The lowest BCUT2D eigenvalue weighted by atomic mass is 11.4. The topological polar surface area (TPSA) is 97.6 Å². The minimum Gasteiger partial charge on any atom is -0.256 e. The van der Waals surface area contributed by atoms with Crippen LogP contribution < -0.4 is 0 Å². The van der Waals surface area contributed by atoms with Crippen molar-refractivity contribution >= 4 is 22.9 Å². The molecule has 0 atom stereocenters. The van der Waals surface area contributed by atoms with Crippen molar-refractivity contribution in [2.45, 2.75) is 0 Å². The largest absolute Gasteiger partial charge is 0.422 e. The molecule has 0 spiro atoms. The van der Waals surface area contributed by atoms with Crippen LogP contribution in [0.1, 0.15) is 0 Å². The highest BCUT2D eigenvalue weighted by Crippen LogP contribution is 1.73. The van der Waals surface area contributed by atoms with Crippen LogP contribution in [0.3, 0.4) is 0 Å². The van der Waals surface area contributed by atoms with Crippen molar-refractivity contribution in [1.29, 1.82) is 0 Å². The van der Waals surface area contributed by atoms with Gasteiger partial charge in [0, 0.05) is 0 Å². The number of H-pyrrole nitrogens is 1. The molecular weight excluding hydrogens is 241 g/mol. The molecule has 8 heteroatoms. The van der Waals surface area contributed by atoms with E-state index >= 15 is 0 Å². The lowest BCUT2D eigenvalue weighted by molar-refractivity contribution is -0.227. The van der Waals surface area contributed by atoms with Crippen molar-refractivity contribution in [2.75, 3.05) is 0 Å². The summed E-state index contributed by atoms with van der Waals surface area (Å²) in [5.74, 6) is 0. The fourth-order valence-electron chi connectivity index (χ4n) is 0.129. The summed E-state index contributed by atoms with van der Waals surface area (Å²) in [5.41, 5.74) is 0. The molecule has 0 saturated carbocycles. The lowest BCUT2D eigenvalue weighted by Gasteiger charge is -1.56. The third-order valence-corrected chi connectivity index (χ3v) is 0.270. The highest BCUT2D eigenvalue weighted by atomic mass is 127. The standard InChI is InChI=1S/CH2N4.INO2/c1-2-4-5-3-1;1-2(3)4/h1H,(H,2,3,4,5);. The maximum absolute atomic E-state index is 8.79. The molecule has 0 saturated heterocycles. The second kappa shape index (κ2) is 5.34. The Hall–Kier alpha value is -0.800. The first-order valence-corrected chi connectivity index (χ1v) is 2.67. The summed E-state index contributed by atoms with van der Waals surface area (Å²) in [6.07, 6.45) is 1.40. The third kappa shape index (κ3) is 11.0. The zero-order valence-electron chi connectivity index (χ0n) is 4.06. The first kappa shape index (κ1) is 8.20. The zero-order valence-corrected chi connectivity index (χ0v) is 6.22. The van der Waals surface area contributed by atoms with Crippen molar-refractivity contribution in [1.82, 2.24) is 20.6 Å². The van der Waals surface area contributed by atoms with Crippen molar-refractivity contribution in [3.8, 4) is 0 Å². The Morgan fingerprint density at radius 1 is 1.78 bits per heavy atom. The van der Waals surface area contributed by atoms with Gasteiger partial charge in [0.15, 0.2) is 0 Å². The average Bonchev–Trinajstić information content (AvgIpc) is 2.11. The summed E-state index contributed by atoms with van der Waals surface area (Å²) in [4.78, 5) is 8.79. The van der Waals surface area contributed by atoms with Crippen molar-refractivity contribution in [3.63, 3.8) is 0 Å². The fraction of sp³-hybridized carbons (Fsp3) is 0. The first-order chi connectivity index (χ1) is 4.23. The number of tetrazole rings is 1. The van der Waals surface area contributed by atoms with Crippen LogP contribution in [0.4, 0.5) is 0 Å². The molecular formula is CH2IN5O2. The van der Waals surface area contributed by atoms with E-state index in [4.69, 9.17) is 10.1 Å². The molecule has 1 heterocycles. The predicted molar refractivity (Wildman–Crippen MR) is 35.2 cm³/mol. The van der Waals surface area contributed by atoms with E-state index in [1.54, 1.807) is 0 Å². The number of nitrogens with zero attached hydrogens (tertiary/aromatic N) is 4. The van der Waals surface area contributed by atoms with Gasteiger partial charge in [-0.3, -0.25) is 10.1 Å². The van der Waals surface area contributed by atoms with Crippen LogP contribution in [0, 0.1) is 10.1 Å². The number of aromatic nitrogens is 4. The van der Waals surface area contributed by atoms with Crippen LogP contribution in [0.25, 0.3) is 0 Å². The van der Waals surface area contributed by atoms with E-state index in [0.717, 1.165) is 22.9 Å². The normalized spacial score (nSPS) is 7.22. The quantitative estimate of drug-likeness (QED) is 0.295. The number of nitro groups is 1. The number of nitrogens with one attached hydrogen (secondary N) is 1. The lowest BCUT2D eigenvalue weighted by Crippen LogP contribution is -1.64. The van der Waals surface area contributed by atoms with E-state index in [1.807, 2.05) is 0 Å². The van der Waals surface area contributed by atoms with E-state index in [9.17, 15) is 0 Å². The summed E-state index contributed by atoms with van der Waals surface area (Å²) in [7, 11) is 0. The van der Waals surface area contributed by atoms with Gasteiger partial charge in [-0.25, -0.2) is 5.10 Å². The average molecular weight is 243 g/mol. The summed E-state index contributed by atoms with van der Waals surface area (Å²) < 4.78 is -0.530. The molecule has 0 bridgehead atoms. The van der Waals surface area contributed by atoms with Crippen LogP contribution in [0.2, 0.25) is 0 Å². The predicted octanol–water partition coefficient (Wildman–Crippen LogP) is -0.187. The smallest absolute Gasteiger partial charge is 0.256 e. The Bertz CT molecular complexity index is 129. The van der Waals surface area contributed by atoms with Crippen LogP contribution >= 0.6 is 22.9 Å². The van der Waals surface area contributed by atoms with Crippen molar-refractivity contribution < 1.29 is 3.14 Å². The maximum Gasteiger partial charge on any atom is 0.422 e. The Labute approximate surface area is 63.5 Å². The molecule has 0 amide bonds. The van der Waals surface area contributed by atoms with Gasteiger partial charge in [0.1, 0.15) is 6.33 Å². The molecule has 0 radical (unpaired) electrons. The third-order valence-electron chi connectivity index (χ3n) is 0.270. The Kier molecular flexibility index (Phi) is 4.86. The molecule has 0 aliphatic rings. The van der Waals surface area contributed by atoms with Crippen molar-refractivity contribution in [3.05, 3.63) is 16.4 Å². The van der Waals surface area contributed by atoms with Gasteiger partial charge in [0.25, 0.3) is 0 Å². The zero-order chi connectivity index (χ0) is 7.11. The SMILES string of the molecule is O=[N+]([O-])I.c1nnn[nH]1. The molecule has 0 unspecified atom stereocenters. The molecule has 7 nitrogen and oxygen atoms in total. The van der Waals surface area contributed by atoms with Gasteiger partial charge in [-0.2, -0.15) is 0 Å². The molecule has 9 heavy (non-hydrogen) atoms. The molecule has 50 valence electrons. The number of hydrogen-bond donors (Lipinski definition) is 1. The molecule has 1 rings (SSSR count). The fourth-order valence-corrected chi connectivity index (χ4v) is 0.129. The summed E-state index contributed by atoms with van der Waals surface area (Å²) in [6, 6.07) is 0. The molecule has 1 aromatic heterocycles. The van der Waals surface area contributed by atoms with Gasteiger partial charge in [-0.05, 0) is 10.4 Å². The van der Waals surface area contributed by atoms with E-state index in [-0.39, 0.29) is 0 Å². The summed E-state index contributed by atoms with van der Waals surface area (Å²) in [5, 5.41) is 20.9. The highest BCUT2D eigenvalue weighted by Gasteiger charge is 1.67. The van der Waals surface area contributed by atoms with Crippen molar-refractivity contribution in [2.24, 2.45) is 0 Å². The Balaban J connectivity index is 0.000000148. The summed E-state index contributed by atoms with van der Waals surface area (Å²) >= 11 is 1.07. The maximum atomic E-state index is 8.79. The van der Waals surface area contributed by atoms with Gasteiger partial charge < -0.3 is 0 Å². The molecule has 1 aromatic rings. The van der Waals surface area contributed by atoms with Crippen LogP contribution in [-0.2, 0) is 0 Å². The van der Waals surface area contributed by atoms with Gasteiger partial charge >= 0.3 is 22.9 Å². The molecule has 1 N–H and O–H groups in total. The number of halogens is 1. The second-order valence-electron chi connectivity index (χ2n) is 0.776. The van der Waals surface area contributed by atoms with Gasteiger partial charge in [-0.15, -0.1) is 5.10 Å². The van der Waals surface area contributed by atoms with Crippen LogP contribution in [0.5, 0.6) is 0 Å². The minimum absolute atomic E-state index is 0.530. The summed E-state index contributed by atoms with van der Waals surface area (Å²) in [6.45, 7) is 0. The second-order valence-corrected chi connectivity index (χ2v) is 1.56. The van der Waals surface area contributed by atoms with E-state index in [0.29, 0.717) is 0 Å². The monoisotopic (exact) mass is 243 g/mol. The number of hydrogen-bond acceptors (Lipinski definition) is 5. The number of rotatable bonds is 0. The molecule has 0 aliphatic heterocycles. The van der Waals surface area contributed by atoms with E-state index in [2.05, 4.69) is 20.6 Å². The highest BCUT2D eigenvalue weighted by molar-refractivity contribution is 14.1. The van der Waals surface area contributed by atoms with E-state index in [1.165, 1.54) is 6.33 Å². The number of aromatic amines is 1. The first-order valence-electron chi connectivity index (χ1n) is 1.70. The Morgan fingerprint density at radius 2 is 2.33 bits per heavy atom. The van der Waals surface area contributed by atoms with E-state index < -0.39 is 3.14 Å². The van der Waals surface area contributed by atoms with Gasteiger partial charge in [0.05, 0.1) is 3.14 Å².